The van der Waals surface area contributed by atoms with E-state index in [1.54, 1.807) is 0 Å². The Morgan fingerprint density at radius 3 is 2.07 bits per heavy atom. The maximum absolute atomic E-state index is 6.20. The van der Waals surface area contributed by atoms with Crippen molar-refractivity contribution in [2.24, 2.45) is 0 Å². The lowest BCUT2D eigenvalue weighted by atomic mass is 10.1. The third-order valence-corrected chi connectivity index (χ3v) is 5.29. The van der Waals surface area contributed by atoms with Gasteiger partial charge in [0.1, 0.15) is 5.76 Å². The Morgan fingerprint density at radius 2 is 1.43 bits per heavy atom. The minimum absolute atomic E-state index is 0.767. The molecule has 3 rings (SSSR count). The number of ether oxygens (including phenoxy) is 1. The van der Waals surface area contributed by atoms with Gasteiger partial charge in [0.05, 0.1) is 6.61 Å². The van der Waals surface area contributed by atoms with Crippen LogP contribution in [0.5, 0.6) is 0 Å². The quantitative estimate of drug-likeness (QED) is 0.328. The number of benzene rings is 2. The third-order valence-electron chi connectivity index (χ3n) is 5.29. The van der Waals surface area contributed by atoms with Crippen LogP contribution >= 0.6 is 0 Å². The van der Waals surface area contributed by atoms with E-state index in [0.717, 1.165) is 24.4 Å². The van der Waals surface area contributed by atoms with E-state index in [0.29, 0.717) is 0 Å². The molecule has 0 atom stereocenters. The fourth-order valence-electron chi connectivity index (χ4n) is 3.68. The number of piperazine rings is 1. The minimum Gasteiger partial charge on any atom is -0.493 e. The standard InChI is InChI=1S/C25H34N2O/c1-2-15-26-17-19-27(20-18-26)16-9-10-21-28-25(24-13-7-4-8-14-24)22-23-11-5-3-6-12-23/h3-8,11-14,22H,2,9-10,15-21H2,1H3. The Bertz CT molecular complexity index is 691. The molecule has 0 saturated carbocycles. The number of nitrogens with zero attached hydrogens (tertiary/aromatic N) is 2. The van der Waals surface area contributed by atoms with Crippen molar-refractivity contribution < 1.29 is 4.74 Å². The predicted molar refractivity (Wildman–Crippen MR) is 119 cm³/mol. The van der Waals surface area contributed by atoms with Crippen LogP contribution in [0.25, 0.3) is 11.8 Å². The third kappa shape index (κ3) is 6.81. The molecule has 0 N–H and O–H groups in total. The maximum atomic E-state index is 6.20. The molecule has 2 aromatic carbocycles. The van der Waals surface area contributed by atoms with Gasteiger partial charge in [-0.3, -0.25) is 0 Å². The molecule has 0 aromatic heterocycles. The molecule has 150 valence electrons. The van der Waals surface area contributed by atoms with Gasteiger partial charge in [-0.1, -0.05) is 67.6 Å². The largest absolute Gasteiger partial charge is 0.493 e. The zero-order valence-electron chi connectivity index (χ0n) is 17.2. The van der Waals surface area contributed by atoms with Crippen molar-refractivity contribution in [3.63, 3.8) is 0 Å². The SMILES string of the molecule is CCCN1CCN(CCCCOC(=Cc2ccccc2)c2ccccc2)CC1. The Kier molecular flexibility index (Phi) is 8.60. The van der Waals surface area contributed by atoms with Gasteiger partial charge < -0.3 is 14.5 Å². The number of unbranched alkanes of at least 4 members (excludes halogenated alkanes) is 1. The molecule has 1 fully saturated rings. The average Bonchev–Trinajstić information content (AvgIpc) is 2.75. The Balaban J connectivity index is 1.44. The summed E-state index contributed by atoms with van der Waals surface area (Å²) in [4.78, 5) is 5.18. The van der Waals surface area contributed by atoms with Gasteiger partial charge in [0.15, 0.2) is 0 Å². The molecule has 1 aliphatic rings. The van der Waals surface area contributed by atoms with E-state index in [4.69, 9.17) is 4.74 Å². The predicted octanol–water partition coefficient (Wildman–Crippen LogP) is 5.01. The van der Waals surface area contributed by atoms with Gasteiger partial charge in [-0.05, 0) is 44.0 Å². The van der Waals surface area contributed by atoms with Crippen molar-refractivity contribution in [1.82, 2.24) is 9.80 Å². The van der Waals surface area contributed by atoms with Gasteiger partial charge in [-0.2, -0.15) is 0 Å². The van der Waals surface area contributed by atoms with Crippen LogP contribution in [0.3, 0.4) is 0 Å². The number of rotatable bonds is 10. The van der Waals surface area contributed by atoms with Crippen molar-refractivity contribution in [2.45, 2.75) is 26.2 Å². The molecule has 0 spiro atoms. The zero-order valence-corrected chi connectivity index (χ0v) is 17.2. The lowest BCUT2D eigenvalue weighted by Crippen LogP contribution is -2.46. The molecular weight excluding hydrogens is 344 g/mol. The molecule has 1 heterocycles. The van der Waals surface area contributed by atoms with E-state index in [1.165, 1.54) is 57.7 Å². The zero-order chi connectivity index (χ0) is 19.4. The summed E-state index contributed by atoms with van der Waals surface area (Å²) in [5, 5.41) is 0. The molecule has 0 radical (unpaired) electrons. The summed E-state index contributed by atoms with van der Waals surface area (Å²) < 4.78 is 6.20. The summed E-state index contributed by atoms with van der Waals surface area (Å²) in [7, 11) is 0. The molecule has 0 unspecified atom stereocenters. The van der Waals surface area contributed by atoms with Crippen molar-refractivity contribution in [2.75, 3.05) is 45.9 Å². The fourth-order valence-corrected chi connectivity index (χ4v) is 3.68. The van der Waals surface area contributed by atoms with Crippen molar-refractivity contribution >= 4 is 11.8 Å². The molecule has 3 nitrogen and oxygen atoms in total. The fraction of sp³-hybridized carbons (Fsp3) is 0.440. The molecule has 28 heavy (non-hydrogen) atoms. The van der Waals surface area contributed by atoms with Crippen molar-refractivity contribution in [3.05, 3.63) is 71.8 Å². The van der Waals surface area contributed by atoms with Crippen LogP contribution in [-0.4, -0.2) is 55.7 Å². The van der Waals surface area contributed by atoms with E-state index in [2.05, 4.69) is 71.3 Å². The van der Waals surface area contributed by atoms with Crippen LogP contribution < -0.4 is 0 Å². The van der Waals surface area contributed by atoms with Gasteiger partial charge >= 0.3 is 0 Å². The first-order chi connectivity index (χ1) is 13.8. The molecule has 0 bridgehead atoms. The Labute approximate surface area is 170 Å². The first-order valence-corrected chi connectivity index (χ1v) is 10.7. The topological polar surface area (TPSA) is 15.7 Å². The molecule has 0 amide bonds. The second-order valence-corrected chi connectivity index (χ2v) is 7.52. The lowest BCUT2D eigenvalue weighted by Gasteiger charge is -2.34. The summed E-state index contributed by atoms with van der Waals surface area (Å²) >= 11 is 0. The monoisotopic (exact) mass is 378 g/mol. The van der Waals surface area contributed by atoms with E-state index in [-0.39, 0.29) is 0 Å². The second kappa shape index (κ2) is 11.7. The van der Waals surface area contributed by atoms with Crippen molar-refractivity contribution in [3.8, 4) is 0 Å². The summed E-state index contributed by atoms with van der Waals surface area (Å²) in [6.45, 7) is 10.3. The first-order valence-electron chi connectivity index (χ1n) is 10.7. The highest BCUT2D eigenvalue weighted by atomic mass is 16.5. The second-order valence-electron chi connectivity index (χ2n) is 7.52. The lowest BCUT2D eigenvalue weighted by molar-refractivity contribution is 0.129. The highest BCUT2D eigenvalue weighted by Gasteiger charge is 2.15. The van der Waals surface area contributed by atoms with Crippen LogP contribution in [0.1, 0.15) is 37.3 Å². The first kappa shape index (κ1) is 20.6. The highest BCUT2D eigenvalue weighted by Crippen LogP contribution is 2.20. The summed E-state index contributed by atoms with van der Waals surface area (Å²) in [5.74, 6) is 0.958. The van der Waals surface area contributed by atoms with Crippen LogP contribution in [0.15, 0.2) is 60.7 Å². The van der Waals surface area contributed by atoms with Gasteiger partial charge in [0, 0.05) is 31.7 Å². The van der Waals surface area contributed by atoms with Crippen LogP contribution in [0, 0.1) is 0 Å². The molecule has 0 aliphatic carbocycles. The molecule has 1 saturated heterocycles. The minimum atomic E-state index is 0.767. The number of hydrogen-bond donors (Lipinski definition) is 0. The van der Waals surface area contributed by atoms with E-state index in [9.17, 15) is 0 Å². The van der Waals surface area contributed by atoms with Gasteiger partial charge in [-0.25, -0.2) is 0 Å². The van der Waals surface area contributed by atoms with Crippen LogP contribution in [0.4, 0.5) is 0 Å². The Morgan fingerprint density at radius 1 is 0.821 bits per heavy atom. The van der Waals surface area contributed by atoms with E-state index in [1.807, 2.05) is 12.1 Å². The van der Waals surface area contributed by atoms with Crippen molar-refractivity contribution in [1.29, 1.82) is 0 Å². The summed E-state index contributed by atoms with van der Waals surface area (Å²) in [6, 6.07) is 20.8. The molecule has 3 heteroatoms. The molecular formula is C25H34N2O. The normalized spacial score (nSPS) is 16.2. The smallest absolute Gasteiger partial charge is 0.127 e. The molecule has 1 aliphatic heterocycles. The van der Waals surface area contributed by atoms with Gasteiger partial charge in [0.25, 0.3) is 0 Å². The maximum Gasteiger partial charge on any atom is 0.127 e. The van der Waals surface area contributed by atoms with E-state index >= 15 is 0 Å². The van der Waals surface area contributed by atoms with E-state index < -0.39 is 0 Å². The van der Waals surface area contributed by atoms with Crippen LogP contribution in [-0.2, 0) is 4.74 Å². The summed E-state index contributed by atoms with van der Waals surface area (Å²) in [5.41, 5.74) is 2.31. The van der Waals surface area contributed by atoms with Gasteiger partial charge in [0.2, 0.25) is 0 Å². The van der Waals surface area contributed by atoms with Crippen LogP contribution in [0.2, 0.25) is 0 Å². The average molecular weight is 379 g/mol. The highest BCUT2D eigenvalue weighted by molar-refractivity contribution is 5.77. The molecule has 2 aromatic rings. The van der Waals surface area contributed by atoms with Gasteiger partial charge in [-0.15, -0.1) is 0 Å². The summed E-state index contributed by atoms with van der Waals surface area (Å²) in [6.07, 6.45) is 5.69. The Hall–Kier alpha value is -2.10. The number of hydrogen-bond acceptors (Lipinski definition) is 3.